The lowest BCUT2D eigenvalue weighted by Gasteiger charge is -2.34. The molecule has 7 heteroatoms. The maximum absolute atomic E-state index is 12.4. The van der Waals surface area contributed by atoms with E-state index in [9.17, 15) is 4.79 Å². The third-order valence-corrected chi connectivity index (χ3v) is 6.80. The zero-order valence-electron chi connectivity index (χ0n) is 19.1. The summed E-state index contributed by atoms with van der Waals surface area (Å²) in [4.78, 5) is 22.1. The van der Waals surface area contributed by atoms with Gasteiger partial charge in [-0.1, -0.05) is 30.4 Å². The summed E-state index contributed by atoms with van der Waals surface area (Å²) >= 11 is 1.79. The van der Waals surface area contributed by atoms with Crippen LogP contribution in [0, 0.1) is 0 Å². The number of rotatable bonds is 8. The maximum atomic E-state index is 12.4. The fourth-order valence-electron chi connectivity index (χ4n) is 3.96. The number of aromatic nitrogens is 1. The number of anilines is 1. The van der Waals surface area contributed by atoms with Crippen LogP contribution in [0.25, 0.3) is 10.2 Å². The van der Waals surface area contributed by atoms with E-state index in [0.717, 1.165) is 55.5 Å². The Bertz CT molecular complexity index is 1040. The summed E-state index contributed by atoms with van der Waals surface area (Å²) in [5.41, 5.74) is 3.14. The number of aryl methyl sites for hydroxylation is 1. The van der Waals surface area contributed by atoms with Gasteiger partial charge in [0, 0.05) is 44.8 Å². The lowest BCUT2D eigenvalue weighted by molar-refractivity contribution is 0.0947. The van der Waals surface area contributed by atoms with Crippen molar-refractivity contribution in [3.05, 3.63) is 53.6 Å². The van der Waals surface area contributed by atoms with E-state index in [0.29, 0.717) is 12.1 Å². The molecule has 0 saturated carbocycles. The van der Waals surface area contributed by atoms with E-state index in [2.05, 4.69) is 40.2 Å². The van der Waals surface area contributed by atoms with E-state index in [1.54, 1.807) is 11.3 Å². The molecule has 6 nitrogen and oxygen atoms in total. The van der Waals surface area contributed by atoms with Gasteiger partial charge < -0.3 is 15.0 Å². The van der Waals surface area contributed by atoms with E-state index in [-0.39, 0.29) is 12.0 Å². The largest absolute Gasteiger partial charge is 0.491 e. The fraction of sp³-hybridized carbons (Fsp3) is 0.440. The number of amides is 1. The number of thiazole rings is 1. The van der Waals surface area contributed by atoms with Crippen LogP contribution in [0.1, 0.15) is 36.7 Å². The van der Waals surface area contributed by atoms with Crippen molar-refractivity contribution in [2.45, 2.75) is 33.3 Å². The van der Waals surface area contributed by atoms with Crippen molar-refractivity contribution in [1.82, 2.24) is 15.2 Å². The topological polar surface area (TPSA) is 57.7 Å². The molecule has 1 N–H and O–H groups in total. The van der Waals surface area contributed by atoms with E-state index in [1.165, 1.54) is 10.3 Å². The van der Waals surface area contributed by atoms with Gasteiger partial charge in [0.15, 0.2) is 5.13 Å². The molecule has 1 aliphatic heterocycles. The van der Waals surface area contributed by atoms with E-state index < -0.39 is 0 Å². The van der Waals surface area contributed by atoms with Crippen molar-refractivity contribution >= 4 is 32.6 Å². The molecule has 3 aromatic rings. The summed E-state index contributed by atoms with van der Waals surface area (Å²) in [7, 11) is 0. The lowest BCUT2D eigenvalue weighted by Crippen LogP contribution is -2.48. The number of benzene rings is 2. The number of carbonyl (C=O) groups is 1. The van der Waals surface area contributed by atoms with E-state index in [4.69, 9.17) is 9.72 Å². The Hall–Kier alpha value is -2.64. The number of para-hydroxylation sites is 1. The zero-order valence-corrected chi connectivity index (χ0v) is 20.0. The molecule has 32 heavy (non-hydrogen) atoms. The number of hydrogen-bond donors (Lipinski definition) is 1. The predicted octanol–water partition coefficient (Wildman–Crippen LogP) is 4.20. The van der Waals surface area contributed by atoms with Crippen molar-refractivity contribution in [2.75, 3.05) is 44.2 Å². The molecule has 2 heterocycles. The van der Waals surface area contributed by atoms with Crippen LogP contribution >= 0.6 is 11.3 Å². The van der Waals surface area contributed by atoms with Crippen LogP contribution in [-0.4, -0.2) is 61.2 Å². The van der Waals surface area contributed by atoms with E-state index in [1.807, 2.05) is 38.1 Å². The standard InChI is InChI=1S/C25H32N4O2S/c1-4-19-6-5-7-22-23(19)27-25(32-22)29-16-14-28(15-17-29)13-12-26-24(30)20-8-10-21(11-9-20)31-18(2)3/h5-11,18H,4,12-17H2,1-3H3,(H,26,30). The van der Waals surface area contributed by atoms with Crippen LogP contribution in [0.15, 0.2) is 42.5 Å². The first kappa shape index (κ1) is 22.6. The van der Waals surface area contributed by atoms with Gasteiger partial charge in [0.1, 0.15) is 5.75 Å². The summed E-state index contributed by atoms with van der Waals surface area (Å²) in [5.74, 6) is 0.745. The van der Waals surface area contributed by atoms with Gasteiger partial charge in [-0.25, -0.2) is 4.98 Å². The smallest absolute Gasteiger partial charge is 0.251 e. The van der Waals surface area contributed by atoms with Crippen molar-refractivity contribution in [1.29, 1.82) is 0 Å². The first-order chi connectivity index (χ1) is 15.5. The molecule has 2 aromatic carbocycles. The number of nitrogens with one attached hydrogen (secondary N) is 1. The van der Waals surface area contributed by atoms with Gasteiger partial charge >= 0.3 is 0 Å². The molecule has 4 rings (SSSR count). The number of nitrogens with zero attached hydrogens (tertiary/aromatic N) is 3. The number of hydrogen-bond acceptors (Lipinski definition) is 6. The minimum atomic E-state index is -0.0408. The number of ether oxygens (including phenoxy) is 1. The number of piperazine rings is 1. The van der Waals surface area contributed by atoms with Gasteiger partial charge in [-0.15, -0.1) is 0 Å². The van der Waals surface area contributed by atoms with Crippen LogP contribution in [0.3, 0.4) is 0 Å². The summed E-state index contributed by atoms with van der Waals surface area (Å²) in [6.45, 7) is 11.5. The van der Waals surface area contributed by atoms with Crippen LogP contribution < -0.4 is 15.0 Å². The van der Waals surface area contributed by atoms with Gasteiger partial charge in [0.05, 0.1) is 16.3 Å². The minimum Gasteiger partial charge on any atom is -0.491 e. The second kappa shape index (κ2) is 10.3. The van der Waals surface area contributed by atoms with E-state index >= 15 is 0 Å². The number of carbonyl (C=O) groups excluding carboxylic acids is 1. The SMILES string of the molecule is CCc1cccc2sc(N3CCN(CCNC(=O)c4ccc(OC(C)C)cc4)CC3)nc12. The summed E-state index contributed by atoms with van der Waals surface area (Å²) in [5, 5.41) is 4.16. The second-order valence-electron chi connectivity index (χ2n) is 8.39. The molecule has 1 saturated heterocycles. The molecule has 0 unspecified atom stereocenters. The van der Waals surface area contributed by atoms with Crippen molar-refractivity contribution in [3.8, 4) is 5.75 Å². The Morgan fingerprint density at radius 1 is 1.12 bits per heavy atom. The Kier molecular flexibility index (Phi) is 7.27. The molecule has 1 aromatic heterocycles. The Morgan fingerprint density at radius 3 is 2.56 bits per heavy atom. The molecular weight excluding hydrogens is 420 g/mol. The monoisotopic (exact) mass is 452 g/mol. The Labute approximate surface area is 194 Å². The molecular formula is C25H32N4O2S. The molecule has 1 aliphatic rings. The molecule has 1 amide bonds. The lowest BCUT2D eigenvalue weighted by atomic mass is 10.1. The van der Waals surface area contributed by atoms with Crippen LogP contribution in [0.2, 0.25) is 0 Å². The average molecular weight is 453 g/mol. The van der Waals surface area contributed by atoms with Gasteiger partial charge in [-0.3, -0.25) is 9.69 Å². The fourth-order valence-corrected chi connectivity index (χ4v) is 5.03. The van der Waals surface area contributed by atoms with Gasteiger partial charge in [-0.05, 0) is 56.2 Å². The highest BCUT2D eigenvalue weighted by atomic mass is 32.1. The van der Waals surface area contributed by atoms with Crippen molar-refractivity contribution in [3.63, 3.8) is 0 Å². The summed E-state index contributed by atoms with van der Waals surface area (Å²) in [6, 6.07) is 13.8. The van der Waals surface area contributed by atoms with Crippen LogP contribution in [0.4, 0.5) is 5.13 Å². The quantitative estimate of drug-likeness (QED) is 0.555. The highest BCUT2D eigenvalue weighted by Crippen LogP contribution is 2.31. The molecule has 0 spiro atoms. The highest BCUT2D eigenvalue weighted by Gasteiger charge is 2.20. The van der Waals surface area contributed by atoms with Crippen LogP contribution in [0.5, 0.6) is 5.75 Å². The van der Waals surface area contributed by atoms with Gasteiger partial charge in [0.2, 0.25) is 0 Å². The third-order valence-electron chi connectivity index (χ3n) is 5.72. The normalized spacial score (nSPS) is 14.8. The second-order valence-corrected chi connectivity index (χ2v) is 9.40. The first-order valence-corrected chi connectivity index (χ1v) is 12.3. The molecule has 0 bridgehead atoms. The molecule has 0 aliphatic carbocycles. The summed E-state index contributed by atoms with van der Waals surface area (Å²) < 4.78 is 6.90. The predicted molar refractivity (Wildman–Crippen MR) is 132 cm³/mol. The minimum absolute atomic E-state index is 0.0408. The molecule has 0 radical (unpaired) electrons. The Balaban J connectivity index is 1.23. The maximum Gasteiger partial charge on any atom is 0.251 e. The van der Waals surface area contributed by atoms with Crippen molar-refractivity contribution < 1.29 is 9.53 Å². The Morgan fingerprint density at radius 2 is 1.88 bits per heavy atom. The average Bonchev–Trinajstić information content (AvgIpc) is 3.24. The van der Waals surface area contributed by atoms with Crippen molar-refractivity contribution in [2.24, 2.45) is 0 Å². The van der Waals surface area contributed by atoms with Gasteiger partial charge in [0.25, 0.3) is 5.91 Å². The highest BCUT2D eigenvalue weighted by molar-refractivity contribution is 7.22. The first-order valence-electron chi connectivity index (χ1n) is 11.4. The molecule has 1 fully saturated rings. The number of fused-ring (bicyclic) bond motifs is 1. The molecule has 170 valence electrons. The molecule has 0 atom stereocenters. The zero-order chi connectivity index (χ0) is 22.5. The third kappa shape index (κ3) is 5.40. The van der Waals surface area contributed by atoms with Gasteiger partial charge in [-0.2, -0.15) is 0 Å². The summed E-state index contributed by atoms with van der Waals surface area (Å²) in [6.07, 6.45) is 1.13. The van der Waals surface area contributed by atoms with Crippen LogP contribution in [-0.2, 0) is 6.42 Å².